The van der Waals surface area contributed by atoms with Gasteiger partial charge in [-0.25, -0.2) is 0 Å². The Balaban J connectivity index is 1.01. The van der Waals surface area contributed by atoms with Crippen LogP contribution in [-0.2, 0) is 46.1 Å². The summed E-state index contributed by atoms with van der Waals surface area (Å²) in [4.78, 5) is 26.5. The van der Waals surface area contributed by atoms with E-state index in [1.54, 1.807) is 0 Å². The van der Waals surface area contributed by atoms with E-state index >= 15 is 0 Å². The molecule has 0 aromatic heterocycles. The molecule has 0 saturated carbocycles. The van der Waals surface area contributed by atoms with Gasteiger partial charge in [-0.05, 0) is 153 Å². The second-order valence-electron chi connectivity index (χ2n) is 20.7. The minimum absolute atomic E-state index is 0.133. The number of carbonyl (C=O) groups is 2. The average molecular weight is 829 g/mol. The van der Waals surface area contributed by atoms with E-state index in [-0.39, 0.29) is 10.1 Å². The molecule has 8 rings (SSSR count). The van der Waals surface area contributed by atoms with Gasteiger partial charge in [0.25, 0.3) is 0 Å². The predicted octanol–water partition coefficient (Wildman–Crippen LogP) is 13.4. The maximum absolute atomic E-state index is 13.2. The summed E-state index contributed by atoms with van der Waals surface area (Å²) in [5, 5.41) is 2.81. The normalized spacial score (nSPS) is 16.0. The Bertz CT molecular complexity index is 2340. The molecule has 0 unspecified atom stereocenters. The molecule has 0 fully saturated rings. The van der Waals surface area contributed by atoms with Crippen LogP contribution in [0.5, 0.6) is 11.5 Å². The summed E-state index contributed by atoms with van der Waals surface area (Å²) < 4.78 is 13.0. The summed E-state index contributed by atoms with van der Waals surface area (Å²) >= 11 is 0. The lowest BCUT2D eigenvalue weighted by Crippen LogP contribution is -2.43. The van der Waals surface area contributed by atoms with Crippen molar-refractivity contribution in [2.75, 3.05) is 0 Å². The second-order valence-corrected chi connectivity index (χ2v) is 30.2. The summed E-state index contributed by atoms with van der Waals surface area (Å²) in [5.41, 5.74) is 10.1. The molecule has 308 valence electrons. The molecule has 0 spiro atoms. The Labute approximate surface area is 359 Å². The van der Waals surface area contributed by atoms with Gasteiger partial charge in [-0.1, -0.05) is 139 Å². The van der Waals surface area contributed by atoms with Gasteiger partial charge in [0.2, 0.25) is 16.6 Å². The first kappa shape index (κ1) is 41.7. The van der Waals surface area contributed by atoms with Crippen LogP contribution in [0.25, 0.3) is 33.0 Å². The minimum atomic E-state index is -1.92. The highest BCUT2D eigenvalue weighted by atomic mass is 28.4. The molecule has 2 aliphatic carbocycles. The van der Waals surface area contributed by atoms with Gasteiger partial charge in [0.1, 0.15) is 24.1 Å². The van der Waals surface area contributed by atoms with Crippen molar-refractivity contribution >= 4 is 40.0 Å². The summed E-state index contributed by atoms with van der Waals surface area (Å²) in [6, 6.07) is 42.8. The maximum Gasteiger partial charge on any atom is 0.250 e. The maximum atomic E-state index is 13.2. The first-order valence-electron chi connectivity index (χ1n) is 21.6. The van der Waals surface area contributed by atoms with E-state index < -0.39 is 27.5 Å². The molecule has 2 aliphatic rings. The van der Waals surface area contributed by atoms with Crippen LogP contribution in [0.4, 0.5) is 0 Å². The first-order valence-corrected chi connectivity index (χ1v) is 27.4. The fourth-order valence-electron chi connectivity index (χ4n) is 8.89. The van der Waals surface area contributed by atoms with Crippen molar-refractivity contribution in [1.29, 1.82) is 0 Å². The molecular weight excluding hydrogens is 769 g/mol. The van der Waals surface area contributed by atoms with Crippen LogP contribution < -0.4 is 8.85 Å². The zero-order chi connectivity index (χ0) is 42.9. The fourth-order valence-corrected chi connectivity index (χ4v) is 11.0. The van der Waals surface area contributed by atoms with Crippen molar-refractivity contribution in [1.82, 2.24) is 0 Å². The lowest BCUT2D eigenvalue weighted by molar-refractivity contribution is -0.113. The third-order valence-corrected chi connectivity index (χ3v) is 23.4. The highest BCUT2D eigenvalue weighted by molar-refractivity contribution is 6.75. The van der Waals surface area contributed by atoms with E-state index in [1.165, 1.54) is 45.6 Å². The van der Waals surface area contributed by atoms with Crippen LogP contribution in [0.15, 0.2) is 121 Å². The summed E-state index contributed by atoms with van der Waals surface area (Å²) in [7, 11) is -3.84. The van der Waals surface area contributed by atoms with Crippen molar-refractivity contribution in [2.24, 2.45) is 0 Å². The monoisotopic (exact) mass is 828 g/mol. The number of benzene rings is 6. The van der Waals surface area contributed by atoms with E-state index in [2.05, 4.69) is 189 Å². The molecule has 4 nitrogen and oxygen atoms in total. The predicted molar refractivity (Wildman–Crippen MR) is 254 cm³/mol. The highest BCUT2D eigenvalue weighted by Crippen LogP contribution is 2.47. The highest BCUT2D eigenvalue weighted by Gasteiger charge is 2.43. The number of hydrogen-bond donors (Lipinski definition) is 0. The zero-order valence-corrected chi connectivity index (χ0v) is 39.2. The third-order valence-electron chi connectivity index (χ3n) is 14.6. The lowest BCUT2D eigenvalue weighted by atomic mass is 9.63. The quantitative estimate of drug-likeness (QED) is 0.102. The molecular formula is C54H60O4Si2. The molecule has 0 aliphatic heterocycles. The van der Waals surface area contributed by atoms with Gasteiger partial charge < -0.3 is 18.4 Å². The standard InChI is InChI=1S/C54H60O4Si2/c1-51(2,3)59(7,8)57-47-27-19-39(20-28-47)37-15-23-45(24-16-37)53(35-55)31-41-11-13-43-33-54(36-56,34-44-14-12-42(32-53)49(41)50(43)44)46-25-17-38(18-26-46)40-21-29-48(30-22-40)58-60(9,10)52(4,5)6/h11-30,35-36H,31-34H2,1-10H3. The van der Waals surface area contributed by atoms with Crippen molar-refractivity contribution in [3.63, 3.8) is 0 Å². The van der Waals surface area contributed by atoms with Crippen LogP contribution in [0, 0.1) is 0 Å². The van der Waals surface area contributed by atoms with Gasteiger partial charge in [-0.15, -0.1) is 0 Å². The molecule has 0 radical (unpaired) electrons. The molecule has 6 aromatic carbocycles. The van der Waals surface area contributed by atoms with Gasteiger partial charge in [0, 0.05) is 0 Å². The van der Waals surface area contributed by atoms with Gasteiger partial charge in [-0.2, -0.15) is 0 Å². The Morgan fingerprint density at radius 2 is 0.667 bits per heavy atom. The first-order chi connectivity index (χ1) is 28.3. The van der Waals surface area contributed by atoms with Crippen LogP contribution >= 0.6 is 0 Å². The second kappa shape index (κ2) is 14.8. The van der Waals surface area contributed by atoms with E-state index in [9.17, 15) is 9.59 Å². The molecule has 0 bridgehead atoms. The molecule has 0 heterocycles. The van der Waals surface area contributed by atoms with E-state index in [0.717, 1.165) is 44.9 Å². The molecule has 6 heteroatoms. The van der Waals surface area contributed by atoms with Crippen molar-refractivity contribution in [3.8, 4) is 33.8 Å². The molecule has 0 saturated heterocycles. The summed E-state index contributed by atoms with van der Waals surface area (Å²) in [6.45, 7) is 22.6. The van der Waals surface area contributed by atoms with Gasteiger partial charge in [-0.3, -0.25) is 0 Å². The number of aldehydes is 2. The van der Waals surface area contributed by atoms with E-state index in [0.29, 0.717) is 25.7 Å². The average Bonchev–Trinajstić information content (AvgIpc) is 3.22. The fraction of sp³-hybridized carbons (Fsp3) is 0.333. The summed E-state index contributed by atoms with van der Waals surface area (Å²) in [6.07, 6.45) is 4.93. The SMILES string of the molecule is CC(C)(C)[Si](C)(C)Oc1ccc(-c2ccc(C3(C=O)Cc4ccc5c6c(ccc(c46)C3)CC(C=O)(c3ccc(-c4ccc(O[Si](C)(C)C(C)(C)C)cc4)cc3)C5)cc2)cc1. The van der Waals surface area contributed by atoms with Crippen molar-refractivity contribution in [3.05, 3.63) is 155 Å². The van der Waals surface area contributed by atoms with E-state index in [4.69, 9.17) is 8.85 Å². The number of hydrogen-bond acceptors (Lipinski definition) is 4. The van der Waals surface area contributed by atoms with Crippen LogP contribution in [0.2, 0.25) is 36.3 Å². The Morgan fingerprint density at radius 1 is 0.417 bits per heavy atom. The van der Waals surface area contributed by atoms with Crippen LogP contribution in [0.3, 0.4) is 0 Å². The molecule has 6 aromatic rings. The van der Waals surface area contributed by atoms with Crippen LogP contribution in [-0.4, -0.2) is 29.2 Å². The zero-order valence-electron chi connectivity index (χ0n) is 37.2. The summed E-state index contributed by atoms with van der Waals surface area (Å²) in [5.74, 6) is 1.83. The molecule has 0 N–H and O–H groups in total. The van der Waals surface area contributed by atoms with Crippen molar-refractivity contribution < 1.29 is 18.4 Å². The molecule has 60 heavy (non-hydrogen) atoms. The van der Waals surface area contributed by atoms with Gasteiger partial charge >= 0.3 is 0 Å². The third kappa shape index (κ3) is 7.40. The van der Waals surface area contributed by atoms with E-state index in [1.807, 2.05) is 0 Å². The minimum Gasteiger partial charge on any atom is -0.544 e. The molecule has 0 amide bonds. The number of rotatable bonds is 10. The number of carbonyl (C=O) groups excluding carboxylic acids is 2. The Hall–Kier alpha value is -5.05. The van der Waals surface area contributed by atoms with Crippen molar-refractivity contribution in [2.45, 2.75) is 114 Å². The lowest BCUT2D eigenvalue weighted by Gasteiger charge is -2.39. The topological polar surface area (TPSA) is 52.6 Å². The van der Waals surface area contributed by atoms with Gasteiger partial charge in [0.15, 0.2) is 0 Å². The Morgan fingerprint density at radius 3 is 0.900 bits per heavy atom. The Kier molecular flexibility index (Phi) is 10.3. The smallest absolute Gasteiger partial charge is 0.250 e. The molecule has 0 atom stereocenters. The van der Waals surface area contributed by atoms with Gasteiger partial charge in [0.05, 0.1) is 10.8 Å². The van der Waals surface area contributed by atoms with Crippen LogP contribution in [0.1, 0.15) is 74.9 Å². The largest absolute Gasteiger partial charge is 0.544 e.